The lowest BCUT2D eigenvalue weighted by molar-refractivity contribution is -0.479. The number of thioether (sulfide) groups is 1. The maximum atomic E-state index is 11.5. The van der Waals surface area contributed by atoms with Crippen LogP contribution in [0, 0.1) is 17.0 Å². The van der Waals surface area contributed by atoms with Crippen LogP contribution in [0.5, 0.6) is 17.2 Å². The van der Waals surface area contributed by atoms with Crippen molar-refractivity contribution in [3.05, 3.63) is 76.6 Å². The summed E-state index contributed by atoms with van der Waals surface area (Å²) < 4.78 is 18.4. The molecule has 1 aromatic heterocycles. The van der Waals surface area contributed by atoms with E-state index in [4.69, 9.17) is 14.2 Å². The summed E-state index contributed by atoms with van der Waals surface area (Å²) in [6.45, 7) is 8.01. The van der Waals surface area contributed by atoms with Crippen LogP contribution >= 0.6 is 11.8 Å². The Kier molecular flexibility index (Phi) is 8.31. The van der Waals surface area contributed by atoms with Gasteiger partial charge in [-0.2, -0.15) is 0 Å². The summed E-state index contributed by atoms with van der Waals surface area (Å²) in [4.78, 5) is 11.1. The molecule has 174 valence electrons. The molecule has 0 amide bonds. The van der Waals surface area contributed by atoms with E-state index in [1.807, 2.05) is 42.7 Å². The molecule has 10 heteroatoms. The second-order valence-electron chi connectivity index (χ2n) is 6.92. The Balaban J connectivity index is 1.93. The van der Waals surface area contributed by atoms with Gasteiger partial charge in [-0.25, -0.2) is 0 Å². The number of aryl methyl sites for hydroxylation is 1. The van der Waals surface area contributed by atoms with E-state index in [9.17, 15) is 10.1 Å². The van der Waals surface area contributed by atoms with E-state index in [2.05, 4.69) is 16.8 Å². The van der Waals surface area contributed by atoms with Crippen molar-refractivity contribution < 1.29 is 19.1 Å². The fourth-order valence-corrected chi connectivity index (χ4v) is 4.36. The normalized spacial score (nSPS) is 11.6. The molecule has 9 nitrogen and oxygen atoms in total. The van der Waals surface area contributed by atoms with Crippen molar-refractivity contribution in [3.8, 4) is 22.9 Å². The van der Waals surface area contributed by atoms with Gasteiger partial charge in [0.05, 0.1) is 13.7 Å². The van der Waals surface area contributed by atoms with Crippen molar-refractivity contribution >= 4 is 11.8 Å². The SMILES string of the molecule is C=CCOc1ccc([C@@H](C[N+](=O)[O-])Sc2nnc(C)n2-c2ccc(OCC)cc2)cc1OC. The number of aromatic nitrogens is 3. The molecule has 3 aromatic rings. The van der Waals surface area contributed by atoms with Crippen LogP contribution in [-0.4, -0.2) is 46.6 Å². The van der Waals surface area contributed by atoms with Crippen molar-refractivity contribution in [2.45, 2.75) is 24.3 Å². The van der Waals surface area contributed by atoms with E-state index >= 15 is 0 Å². The largest absolute Gasteiger partial charge is 0.494 e. The fourth-order valence-electron chi connectivity index (χ4n) is 3.20. The Morgan fingerprint density at radius 3 is 2.58 bits per heavy atom. The van der Waals surface area contributed by atoms with Crippen LogP contribution in [0.15, 0.2) is 60.3 Å². The van der Waals surface area contributed by atoms with Crippen LogP contribution < -0.4 is 14.2 Å². The van der Waals surface area contributed by atoms with Gasteiger partial charge >= 0.3 is 0 Å². The zero-order valence-electron chi connectivity index (χ0n) is 18.8. The van der Waals surface area contributed by atoms with Gasteiger partial charge in [0, 0.05) is 10.6 Å². The van der Waals surface area contributed by atoms with E-state index in [-0.39, 0.29) is 11.5 Å². The highest BCUT2D eigenvalue weighted by Gasteiger charge is 2.25. The average Bonchev–Trinajstić information content (AvgIpc) is 3.17. The van der Waals surface area contributed by atoms with Gasteiger partial charge in [-0.3, -0.25) is 14.7 Å². The minimum absolute atomic E-state index is 0.296. The Morgan fingerprint density at radius 2 is 1.94 bits per heavy atom. The first-order chi connectivity index (χ1) is 16.0. The molecule has 0 radical (unpaired) electrons. The first kappa shape index (κ1) is 24.1. The predicted octanol–water partition coefficient (Wildman–Crippen LogP) is 4.66. The first-order valence-corrected chi connectivity index (χ1v) is 11.2. The molecule has 3 rings (SSSR count). The number of nitro groups is 1. The van der Waals surface area contributed by atoms with Gasteiger partial charge in [-0.1, -0.05) is 30.5 Å². The van der Waals surface area contributed by atoms with Crippen LogP contribution in [0.25, 0.3) is 5.69 Å². The van der Waals surface area contributed by atoms with Crippen LogP contribution in [-0.2, 0) is 0 Å². The number of rotatable bonds is 12. The molecule has 1 atom stereocenters. The highest BCUT2D eigenvalue weighted by Crippen LogP contribution is 2.39. The molecule has 0 aliphatic rings. The summed E-state index contributed by atoms with van der Waals surface area (Å²) in [6.07, 6.45) is 1.63. The Hall–Kier alpha value is -3.53. The van der Waals surface area contributed by atoms with E-state index in [1.54, 1.807) is 24.3 Å². The third kappa shape index (κ3) is 6.04. The molecule has 0 fully saturated rings. The number of hydrogen-bond donors (Lipinski definition) is 0. The standard InChI is InChI=1S/C23H26N4O5S/c1-5-13-32-20-12-7-17(14-21(20)30-4)22(15-26(28)29)33-23-25-24-16(3)27(23)18-8-10-19(11-9-18)31-6-2/h5,7-12,14,22H,1,6,13,15H2,2-4H3/t22-/m1/s1. The molecule has 0 N–H and O–H groups in total. The molecular formula is C23H26N4O5S. The van der Waals surface area contributed by atoms with Crippen molar-refractivity contribution in [2.75, 3.05) is 26.9 Å². The average molecular weight is 471 g/mol. The smallest absolute Gasteiger partial charge is 0.220 e. The summed E-state index contributed by atoms with van der Waals surface area (Å²) in [5.74, 6) is 2.47. The van der Waals surface area contributed by atoms with Gasteiger partial charge < -0.3 is 14.2 Å². The quantitative estimate of drug-likeness (QED) is 0.163. The predicted molar refractivity (Wildman–Crippen MR) is 126 cm³/mol. The third-order valence-electron chi connectivity index (χ3n) is 4.68. The minimum atomic E-state index is -0.521. The van der Waals surface area contributed by atoms with Crippen molar-refractivity contribution in [1.29, 1.82) is 0 Å². The van der Waals surface area contributed by atoms with E-state index in [0.29, 0.717) is 35.7 Å². The van der Waals surface area contributed by atoms with Gasteiger partial charge in [0.15, 0.2) is 16.7 Å². The summed E-state index contributed by atoms with van der Waals surface area (Å²) in [5.41, 5.74) is 1.56. The number of hydrogen-bond acceptors (Lipinski definition) is 8. The molecule has 0 spiro atoms. The lowest BCUT2D eigenvalue weighted by atomic mass is 10.1. The topological polar surface area (TPSA) is 102 Å². The zero-order valence-corrected chi connectivity index (χ0v) is 19.6. The highest BCUT2D eigenvalue weighted by atomic mass is 32.2. The molecule has 0 bridgehead atoms. The Bertz CT molecular complexity index is 1100. The Morgan fingerprint density at radius 1 is 1.18 bits per heavy atom. The van der Waals surface area contributed by atoms with Crippen molar-refractivity contribution in [1.82, 2.24) is 14.8 Å². The number of methoxy groups -OCH3 is 1. The molecule has 0 aliphatic heterocycles. The highest BCUT2D eigenvalue weighted by molar-refractivity contribution is 7.99. The zero-order chi connectivity index (χ0) is 23.8. The maximum absolute atomic E-state index is 11.5. The van der Waals surface area contributed by atoms with Crippen molar-refractivity contribution in [3.63, 3.8) is 0 Å². The van der Waals surface area contributed by atoms with Gasteiger partial charge in [0.2, 0.25) is 6.54 Å². The fraction of sp³-hybridized carbons (Fsp3) is 0.304. The summed E-state index contributed by atoms with van der Waals surface area (Å²) in [7, 11) is 1.53. The molecule has 0 aliphatic carbocycles. The molecule has 0 saturated heterocycles. The van der Waals surface area contributed by atoms with Crippen LogP contribution in [0.1, 0.15) is 23.6 Å². The first-order valence-electron chi connectivity index (χ1n) is 10.3. The molecule has 1 heterocycles. The summed E-state index contributed by atoms with van der Waals surface area (Å²) >= 11 is 1.27. The van der Waals surface area contributed by atoms with E-state index in [0.717, 1.165) is 17.0 Å². The lowest BCUT2D eigenvalue weighted by Gasteiger charge is -2.16. The van der Waals surface area contributed by atoms with E-state index in [1.165, 1.54) is 18.9 Å². The number of nitrogens with zero attached hydrogens (tertiary/aromatic N) is 4. The van der Waals surface area contributed by atoms with E-state index < -0.39 is 5.25 Å². The molecule has 0 saturated carbocycles. The monoisotopic (exact) mass is 470 g/mol. The van der Waals surface area contributed by atoms with Gasteiger partial charge in [0.25, 0.3) is 0 Å². The minimum Gasteiger partial charge on any atom is -0.494 e. The van der Waals surface area contributed by atoms with Crippen LogP contribution in [0.2, 0.25) is 0 Å². The molecule has 33 heavy (non-hydrogen) atoms. The number of ether oxygens (including phenoxy) is 3. The van der Waals surface area contributed by atoms with Gasteiger partial charge in [-0.05, 0) is 55.8 Å². The second kappa shape index (κ2) is 11.4. The Labute approximate surface area is 196 Å². The van der Waals surface area contributed by atoms with Gasteiger partial charge in [0.1, 0.15) is 23.4 Å². The summed E-state index contributed by atoms with van der Waals surface area (Å²) in [5, 5.41) is 20.0. The van der Waals surface area contributed by atoms with Gasteiger partial charge in [-0.15, -0.1) is 10.2 Å². The number of benzene rings is 2. The molecule has 0 unspecified atom stereocenters. The lowest BCUT2D eigenvalue weighted by Crippen LogP contribution is -2.11. The molecular weight excluding hydrogens is 444 g/mol. The van der Waals surface area contributed by atoms with Crippen LogP contribution in [0.3, 0.4) is 0 Å². The third-order valence-corrected chi connectivity index (χ3v) is 5.86. The van der Waals surface area contributed by atoms with Crippen molar-refractivity contribution in [2.24, 2.45) is 0 Å². The second-order valence-corrected chi connectivity index (χ2v) is 8.09. The summed E-state index contributed by atoms with van der Waals surface area (Å²) in [6, 6.07) is 12.8. The van der Waals surface area contributed by atoms with Crippen LogP contribution in [0.4, 0.5) is 0 Å². The molecule has 2 aromatic carbocycles. The maximum Gasteiger partial charge on any atom is 0.220 e.